The maximum Gasteiger partial charge on any atom is 0.337 e. The van der Waals surface area contributed by atoms with E-state index in [0.29, 0.717) is 11.3 Å². The predicted octanol–water partition coefficient (Wildman–Crippen LogP) is 8.86. The summed E-state index contributed by atoms with van der Waals surface area (Å²) in [5.41, 5.74) is 6.40. The van der Waals surface area contributed by atoms with Crippen LogP contribution in [0.1, 0.15) is 70.5 Å². The Balaban J connectivity index is 1.60. The van der Waals surface area contributed by atoms with Crippen molar-refractivity contribution in [3.05, 3.63) is 77.5 Å². The van der Waals surface area contributed by atoms with Gasteiger partial charge in [-0.1, -0.05) is 50.2 Å². The first-order valence-corrected chi connectivity index (χ1v) is 15.5. The van der Waals surface area contributed by atoms with Crippen molar-refractivity contribution in [2.45, 2.75) is 73.0 Å². The van der Waals surface area contributed by atoms with Crippen molar-refractivity contribution in [1.82, 2.24) is 9.97 Å². The SMILES string of the molecule is Cc1nc(C)c(C(OC(C)(C)C)C(=O)O)c(N2CCC(C)(C)CC2)c1-c1ccc(-c2ncc(-c3ccc(F)cc3)s2)cc1. The fourth-order valence-corrected chi connectivity index (χ4v) is 6.62. The number of carboxylic acids is 1. The zero-order valence-electron chi connectivity index (χ0n) is 26.0. The first-order valence-electron chi connectivity index (χ1n) is 14.7. The summed E-state index contributed by atoms with van der Waals surface area (Å²) >= 11 is 1.56. The summed E-state index contributed by atoms with van der Waals surface area (Å²) in [7, 11) is 0. The van der Waals surface area contributed by atoms with Crippen LogP contribution in [0.3, 0.4) is 0 Å². The largest absolute Gasteiger partial charge is 0.479 e. The number of rotatable bonds is 7. The van der Waals surface area contributed by atoms with Crippen molar-refractivity contribution in [3.63, 3.8) is 0 Å². The Labute approximate surface area is 257 Å². The molecule has 2 aromatic carbocycles. The molecule has 2 aromatic heterocycles. The summed E-state index contributed by atoms with van der Waals surface area (Å²) in [6.07, 6.45) is 2.67. The summed E-state index contributed by atoms with van der Waals surface area (Å²) in [6.45, 7) is 15.7. The lowest BCUT2D eigenvalue weighted by Gasteiger charge is -2.41. The van der Waals surface area contributed by atoms with Gasteiger partial charge in [0.25, 0.3) is 0 Å². The molecule has 0 amide bonds. The summed E-state index contributed by atoms with van der Waals surface area (Å²) in [4.78, 5) is 25.6. The molecule has 0 bridgehead atoms. The van der Waals surface area contributed by atoms with Gasteiger partial charge in [0.1, 0.15) is 10.8 Å². The van der Waals surface area contributed by atoms with E-state index in [1.165, 1.54) is 12.1 Å². The van der Waals surface area contributed by atoms with Gasteiger partial charge < -0.3 is 14.7 Å². The molecule has 0 aliphatic carbocycles. The number of carbonyl (C=O) groups is 1. The van der Waals surface area contributed by atoms with E-state index in [4.69, 9.17) is 9.72 Å². The molecule has 226 valence electrons. The lowest BCUT2D eigenvalue weighted by atomic mass is 9.81. The van der Waals surface area contributed by atoms with E-state index in [9.17, 15) is 14.3 Å². The highest BCUT2D eigenvalue weighted by atomic mass is 32.1. The number of piperidine rings is 1. The molecular weight excluding hydrogens is 561 g/mol. The minimum absolute atomic E-state index is 0.226. The van der Waals surface area contributed by atoms with Crippen molar-refractivity contribution in [1.29, 1.82) is 0 Å². The van der Waals surface area contributed by atoms with Crippen LogP contribution in [0, 0.1) is 25.1 Å². The molecule has 1 aliphatic rings. The zero-order chi connectivity index (χ0) is 31.1. The van der Waals surface area contributed by atoms with Crippen LogP contribution in [-0.2, 0) is 9.53 Å². The second-order valence-electron chi connectivity index (χ2n) is 13.1. The maximum atomic E-state index is 13.4. The van der Waals surface area contributed by atoms with Gasteiger partial charge in [0, 0.05) is 47.4 Å². The molecule has 8 heteroatoms. The van der Waals surface area contributed by atoms with Gasteiger partial charge in [-0.05, 0) is 76.1 Å². The molecule has 1 saturated heterocycles. The number of pyridine rings is 1. The van der Waals surface area contributed by atoms with Gasteiger partial charge in [-0.25, -0.2) is 14.2 Å². The van der Waals surface area contributed by atoms with Crippen LogP contribution >= 0.6 is 11.3 Å². The summed E-state index contributed by atoms with van der Waals surface area (Å²) in [6, 6.07) is 14.7. The first kappa shape index (κ1) is 30.8. The molecule has 1 N–H and O–H groups in total. The average Bonchev–Trinajstić information content (AvgIpc) is 3.42. The Morgan fingerprint density at radius 2 is 1.56 bits per heavy atom. The minimum atomic E-state index is -1.16. The van der Waals surface area contributed by atoms with Crippen LogP contribution in [0.15, 0.2) is 54.7 Å². The van der Waals surface area contributed by atoms with E-state index in [1.54, 1.807) is 23.5 Å². The quantitative estimate of drug-likeness (QED) is 0.228. The molecule has 0 spiro atoms. The number of carboxylic acid groups (broad SMARTS) is 1. The predicted molar refractivity (Wildman–Crippen MR) is 172 cm³/mol. The number of ether oxygens (including phenoxy) is 1. The Kier molecular flexibility index (Phi) is 8.47. The number of aliphatic carboxylic acids is 1. The second kappa shape index (κ2) is 11.8. The molecule has 6 nitrogen and oxygen atoms in total. The molecule has 1 unspecified atom stereocenters. The zero-order valence-corrected chi connectivity index (χ0v) is 26.8. The molecule has 0 radical (unpaired) electrons. The Hall–Kier alpha value is -3.62. The van der Waals surface area contributed by atoms with Gasteiger partial charge in [0.05, 0.1) is 16.2 Å². The second-order valence-corrected chi connectivity index (χ2v) is 14.2. The molecule has 43 heavy (non-hydrogen) atoms. The lowest BCUT2D eigenvalue weighted by Crippen LogP contribution is -2.39. The van der Waals surface area contributed by atoms with Crippen molar-refractivity contribution in [2.75, 3.05) is 18.0 Å². The van der Waals surface area contributed by atoms with Crippen LogP contribution in [0.25, 0.3) is 32.1 Å². The van der Waals surface area contributed by atoms with E-state index < -0.39 is 17.7 Å². The molecule has 4 aromatic rings. The molecule has 1 atom stereocenters. The van der Waals surface area contributed by atoms with Crippen molar-refractivity contribution >= 4 is 23.0 Å². The van der Waals surface area contributed by atoms with E-state index in [2.05, 4.69) is 35.9 Å². The van der Waals surface area contributed by atoms with E-state index in [0.717, 1.165) is 69.5 Å². The van der Waals surface area contributed by atoms with Crippen LogP contribution < -0.4 is 4.90 Å². The average molecular weight is 602 g/mol. The van der Waals surface area contributed by atoms with Gasteiger partial charge >= 0.3 is 5.97 Å². The molecular formula is C35H40FN3O3S. The smallest absolute Gasteiger partial charge is 0.337 e. The number of nitrogens with zero attached hydrogens (tertiary/aromatic N) is 3. The topological polar surface area (TPSA) is 75.6 Å². The summed E-state index contributed by atoms with van der Waals surface area (Å²) < 4.78 is 19.6. The van der Waals surface area contributed by atoms with Crippen LogP contribution in [0.4, 0.5) is 10.1 Å². The monoisotopic (exact) mass is 601 g/mol. The van der Waals surface area contributed by atoms with E-state index in [1.807, 2.05) is 52.9 Å². The summed E-state index contributed by atoms with van der Waals surface area (Å²) in [5.74, 6) is -1.29. The van der Waals surface area contributed by atoms with Crippen LogP contribution in [0.2, 0.25) is 0 Å². The highest BCUT2D eigenvalue weighted by molar-refractivity contribution is 7.18. The molecule has 3 heterocycles. The Morgan fingerprint density at radius 3 is 2.14 bits per heavy atom. The van der Waals surface area contributed by atoms with Crippen molar-refractivity contribution in [2.24, 2.45) is 5.41 Å². The van der Waals surface area contributed by atoms with Crippen molar-refractivity contribution < 1.29 is 19.0 Å². The van der Waals surface area contributed by atoms with Gasteiger partial charge in [-0.2, -0.15) is 0 Å². The number of aromatic nitrogens is 2. The number of benzene rings is 2. The standard InChI is InChI=1S/C35H40FN3O3S/c1-21-28(24-8-10-25(11-9-24)32-37-20-27(43-32)23-12-14-26(36)15-13-23)30(39-18-16-35(6,7)17-19-39)29(22(2)38-21)31(33(40)41)42-34(3,4)5/h8-15,20,31H,16-19H2,1-7H3,(H,40,41). The third-order valence-corrected chi connectivity index (χ3v) is 9.12. The third-order valence-electron chi connectivity index (χ3n) is 8.02. The maximum absolute atomic E-state index is 13.4. The fraction of sp³-hybridized carbons (Fsp3) is 0.400. The lowest BCUT2D eigenvalue weighted by molar-refractivity contribution is -0.160. The number of thiazole rings is 1. The molecule has 1 aliphatic heterocycles. The summed E-state index contributed by atoms with van der Waals surface area (Å²) in [5, 5.41) is 11.3. The normalized spacial score (nSPS) is 15.9. The van der Waals surface area contributed by atoms with Gasteiger partial charge in [0.15, 0.2) is 6.10 Å². The van der Waals surface area contributed by atoms with Crippen LogP contribution in [-0.4, -0.2) is 39.7 Å². The van der Waals surface area contributed by atoms with E-state index in [-0.39, 0.29) is 11.2 Å². The highest BCUT2D eigenvalue weighted by Crippen LogP contribution is 2.45. The number of hydrogen-bond acceptors (Lipinski definition) is 6. The molecule has 5 rings (SSSR count). The number of aryl methyl sites for hydroxylation is 2. The van der Waals surface area contributed by atoms with Gasteiger partial charge in [0.2, 0.25) is 0 Å². The minimum Gasteiger partial charge on any atom is -0.479 e. The highest BCUT2D eigenvalue weighted by Gasteiger charge is 2.36. The Bertz CT molecular complexity index is 1610. The third kappa shape index (κ3) is 6.81. The number of hydrogen-bond donors (Lipinski definition) is 1. The van der Waals surface area contributed by atoms with Gasteiger partial charge in [-0.15, -0.1) is 11.3 Å². The number of halogens is 1. The fourth-order valence-electron chi connectivity index (χ4n) is 5.69. The first-order chi connectivity index (χ1) is 20.2. The van der Waals surface area contributed by atoms with Crippen molar-refractivity contribution in [3.8, 4) is 32.1 Å². The van der Waals surface area contributed by atoms with Gasteiger partial charge in [-0.3, -0.25) is 4.98 Å². The number of anilines is 1. The van der Waals surface area contributed by atoms with E-state index >= 15 is 0 Å². The van der Waals surface area contributed by atoms with Crippen LogP contribution in [0.5, 0.6) is 0 Å². The molecule has 1 fully saturated rings. The Morgan fingerprint density at radius 1 is 0.977 bits per heavy atom. The molecule has 0 saturated carbocycles.